The van der Waals surface area contributed by atoms with Crippen molar-refractivity contribution in [3.05, 3.63) is 58.1 Å². The summed E-state index contributed by atoms with van der Waals surface area (Å²) in [6.07, 6.45) is 8.68. The maximum atomic E-state index is 13.3. The maximum absolute atomic E-state index is 13.3. The highest BCUT2D eigenvalue weighted by Crippen LogP contribution is 2.47. The first-order valence-corrected chi connectivity index (χ1v) is 17.6. The molecule has 0 aromatic heterocycles. The first kappa shape index (κ1) is 29.4. The zero-order valence-corrected chi connectivity index (χ0v) is 26.0. The third kappa shape index (κ3) is 6.02. The SMILES string of the molecule is C=S1(=O)CCCCC[C@@H](NC(C)=O)[C@@H]2CC[C@H]2CN2C[C@@]3(CCCc4cc(Cl)ccc43)COc3ccc(cc32)C(=O)N1. The molecular formula is C33H42ClN3O4S. The third-order valence-electron chi connectivity index (χ3n) is 9.90. The number of nitrogens with zero attached hydrogens (tertiary/aromatic N) is 1. The molecule has 1 unspecified atom stereocenters. The number of amides is 2. The summed E-state index contributed by atoms with van der Waals surface area (Å²) in [6, 6.07) is 11.9. The highest BCUT2D eigenvalue weighted by atomic mass is 35.5. The Balaban J connectivity index is 1.41. The molecule has 1 fully saturated rings. The highest BCUT2D eigenvalue weighted by molar-refractivity contribution is 7.99. The smallest absolute Gasteiger partial charge is 0.262 e. The van der Waals surface area contributed by atoms with E-state index in [0.29, 0.717) is 36.2 Å². The van der Waals surface area contributed by atoms with Crippen molar-refractivity contribution in [3.8, 4) is 5.75 Å². The Kier molecular flexibility index (Phi) is 8.22. The van der Waals surface area contributed by atoms with Crippen molar-refractivity contribution in [1.29, 1.82) is 0 Å². The minimum atomic E-state index is -2.77. The first-order valence-electron chi connectivity index (χ1n) is 15.4. The lowest BCUT2D eigenvalue weighted by atomic mass is 9.67. The van der Waals surface area contributed by atoms with Crippen LogP contribution in [0.3, 0.4) is 0 Å². The topological polar surface area (TPSA) is 87.7 Å². The number of halogens is 1. The summed E-state index contributed by atoms with van der Waals surface area (Å²) >= 11 is 6.41. The van der Waals surface area contributed by atoms with Gasteiger partial charge in [-0.05, 0) is 104 Å². The van der Waals surface area contributed by atoms with Gasteiger partial charge in [0.2, 0.25) is 5.91 Å². The van der Waals surface area contributed by atoms with Crippen LogP contribution in [0.1, 0.15) is 79.8 Å². The van der Waals surface area contributed by atoms with Gasteiger partial charge in [0.1, 0.15) is 5.75 Å². The molecular weight excluding hydrogens is 570 g/mol. The van der Waals surface area contributed by atoms with Gasteiger partial charge in [-0.25, -0.2) is 4.21 Å². The van der Waals surface area contributed by atoms with E-state index >= 15 is 0 Å². The predicted molar refractivity (Wildman–Crippen MR) is 170 cm³/mol. The molecule has 2 heterocycles. The van der Waals surface area contributed by atoms with Crippen LogP contribution in [0.5, 0.6) is 5.75 Å². The molecule has 2 bridgehead atoms. The second-order valence-corrected chi connectivity index (χ2v) is 15.6. The van der Waals surface area contributed by atoms with Crippen molar-refractivity contribution in [2.24, 2.45) is 11.8 Å². The molecule has 2 aliphatic heterocycles. The Morgan fingerprint density at radius 1 is 1.14 bits per heavy atom. The zero-order chi connectivity index (χ0) is 29.5. The quantitative estimate of drug-likeness (QED) is 0.429. The number of rotatable bonds is 1. The van der Waals surface area contributed by atoms with E-state index in [4.69, 9.17) is 16.3 Å². The number of anilines is 1. The van der Waals surface area contributed by atoms with Crippen molar-refractivity contribution in [2.45, 2.75) is 76.2 Å². The highest BCUT2D eigenvalue weighted by Gasteiger charge is 2.44. The Labute approximate surface area is 254 Å². The molecule has 1 spiro atoms. The number of hydrogen-bond acceptors (Lipinski definition) is 5. The van der Waals surface area contributed by atoms with E-state index in [0.717, 1.165) is 80.9 Å². The van der Waals surface area contributed by atoms with Gasteiger partial charge in [0.15, 0.2) is 0 Å². The third-order valence-corrected chi connectivity index (χ3v) is 11.6. The predicted octanol–water partition coefficient (Wildman–Crippen LogP) is 5.28. The molecule has 42 heavy (non-hydrogen) atoms. The molecule has 2 amide bonds. The molecule has 9 heteroatoms. The summed E-state index contributed by atoms with van der Waals surface area (Å²) in [6.45, 7) is 3.73. The minimum absolute atomic E-state index is 0.0122. The molecule has 2 aliphatic carbocycles. The lowest BCUT2D eigenvalue weighted by molar-refractivity contribution is -0.120. The van der Waals surface area contributed by atoms with E-state index in [2.05, 4.69) is 32.9 Å². The number of aryl methyl sites for hydroxylation is 1. The van der Waals surface area contributed by atoms with E-state index < -0.39 is 9.71 Å². The van der Waals surface area contributed by atoms with Gasteiger partial charge < -0.3 is 15.0 Å². The van der Waals surface area contributed by atoms with Crippen molar-refractivity contribution >= 4 is 44.7 Å². The van der Waals surface area contributed by atoms with Crippen LogP contribution < -0.4 is 19.7 Å². The maximum Gasteiger partial charge on any atom is 0.262 e. The summed E-state index contributed by atoms with van der Waals surface area (Å²) in [7, 11) is -2.77. The second-order valence-electron chi connectivity index (χ2n) is 12.9. The molecule has 6 rings (SSSR count). The van der Waals surface area contributed by atoms with E-state index in [9.17, 15) is 13.8 Å². The zero-order valence-electron chi connectivity index (χ0n) is 24.5. The van der Waals surface area contributed by atoms with Gasteiger partial charge in [0.25, 0.3) is 5.91 Å². The first-order chi connectivity index (χ1) is 20.1. The molecule has 4 aliphatic rings. The van der Waals surface area contributed by atoms with Gasteiger partial charge in [0.05, 0.1) is 12.3 Å². The number of carbonyl (C=O) groups excluding carboxylic acids is 2. The number of ether oxygens (including phenoxy) is 1. The molecule has 2 N–H and O–H groups in total. The lowest BCUT2D eigenvalue weighted by Crippen LogP contribution is -2.52. The normalized spacial score (nSPS) is 31.4. The van der Waals surface area contributed by atoms with Crippen molar-refractivity contribution < 1.29 is 18.5 Å². The van der Waals surface area contributed by atoms with Crippen LogP contribution >= 0.6 is 11.6 Å². The minimum Gasteiger partial charge on any atom is -0.490 e. The summed E-state index contributed by atoms with van der Waals surface area (Å²) in [5, 5.41) is 4.03. The fraction of sp³-hybridized carbons (Fsp3) is 0.545. The Morgan fingerprint density at radius 3 is 2.79 bits per heavy atom. The molecule has 0 saturated heterocycles. The van der Waals surface area contributed by atoms with E-state index in [1.165, 1.54) is 11.1 Å². The average Bonchev–Trinajstić information content (AvgIpc) is 3.06. The standard InChI is InChI=1S/C33H42ClN3O4S/c1-22(38)35-29-8-4-3-5-16-42(2,40)36-32(39)24-10-14-31-30(18-24)37(19-25-9-12-27(25)29)20-33(21-41-31)15-6-7-23-17-26(34)11-13-28(23)33/h10-11,13-14,17-18,25,27,29H,2-9,12,15-16,19-21H2,1H3,(H,35,38)(H,36,39,40)/t25-,27+,29+,33-,42?/m0/s1. The second kappa shape index (κ2) is 11.8. The number of carbonyl (C=O) groups is 2. The van der Waals surface area contributed by atoms with Gasteiger partial charge in [-0.15, -0.1) is 0 Å². The van der Waals surface area contributed by atoms with Crippen LogP contribution in [0.2, 0.25) is 5.02 Å². The fourth-order valence-corrected chi connectivity index (χ4v) is 9.12. The number of fused-ring (bicyclic) bond motifs is 4. The monoisotopic (exact) mass is 611 g/mol. The van der Waals surface area contributed by atoms with Gasteiger partial charge in [-0.2, -0.15) is 0 Å². The Bertz CT molecular complexity index is 1480. The summed E-state index contributed by atoms with van der Waals surface area (Å²) < 4.78 is 22.5. The van der Waals surface area contributed by atoms with Crippen molar-refractivity contribution in [3.63, 3.8) is 0 Å². The van der Waals surface area contributed by atoms with Crippen molar-refractivity contribution in [2.75, 3.05) is 30.3 Å². The Morgan fingerprint density at radius 2 is 2.00 bits per heavy atom. The van der Waals surface area contributed by atoms with Gasteiger partial charge in [-0.1, -0.05) is 30.5 Å². The molecule has 0 radical (unpaired) electrons. The van der Waals surface area contributed by atoms with Crippen LogP contribution in [-0.4, -0.2) is 53.4 Å². The number of nitrogens with one attached hydrogen (secondary N) is 2. The number of benzene rings is 2. The summed E-state index contributed by atoms with van der Waals surface area (Å²) in [4.78, 5) is 28.0. The van der Waals surface area contributed by atoms with Crippen LogP contribution in [0.25, 0.3) is 0 Å². The average molecular weight is 612 g/mol. The van der Waals surface area contributed by atoms with Crippen LogP contribution in [0, 0.1) is 11.8 Å². The molecule has 226 valence electrons. The fourth-order valence-electron chi connectivity index (χ4n) is 7.70. The molecule has 7 nitrogen and oxygen atoms in total. The van der Waals surface area contributed by atoms with E-state index in [-0.39, 0.29) is 23.3 Å². The van der Waals surface area contributed by atoms with Crippen LogP contribution in [0.4, 0.5) is 5.69 Å². The van der Waals surface area contributed by atoms with E-state index in [1.807, 2.05) is 18.2 Å². The lowest BCUT2D eigenvalue weighted by Gasteiger charge is -2.47. The van der Waals surface area contributed by atoms with Crippen molar-refractivity contribution in [1.82, 2.24) is 10.0 Å². The largest absolute Gasteiger partial charge is 0.490 e. The van der Waals surface area contributed by atoms with Gasteiger partial charge in [-0.3, -0.25) is 14.3 Å². The summed E-state index contributed by atoms with van der Waals surface area (Å²) in [5.41, 5.74) is 3.73. The van der Waals surface area contributed by atoms with Gasteiger partial charge in [0, 0.05) is 57.5 Å². The van der Waals surface area contributed by atoms with Crippen LogP contribution in [0.15, 0.2) is 36.4 Å². The molecule has 5 atom stereocenters. The molecule has 1 saturated carbocycles. The molecule has 2 aromatic carbocycles. The van der Waals surface area contributed by atoms with E-state index in [1.54, 1.807) is 13.0 Å². The Hall–Kier alpha value is -2.71. The summed E-state index contributed by atoms with van der Waals surface area (Å²) in [5.74, 6) is 5.42. The van der Waals surface area contributed by atoms with Crippen LogP contribution in [-0.2, 0) is 26.3 Å². The number of hydrogen-bond donors (Lipinski definition) is 2. The van der Waals surface area contributed by atoms with Gasteiger partial charge >= 0.3 is 0 Å². The molecule has 2 aromatic rings.